The van der Waals surface area contributed by atoms with E-state index >= 15 is 0 Å². The van der Waals surface area contributed by atoms with Gasteiger partial charge in [-0.15, -0.1) is 34.5 Å². The number of rotatable bonds is 4. The number of nitrogens with zero attached hydrogens (tertiary/aromatic N) is 1. The third-order valence-electron chi connectivity index (χ3n) is 5.13. The summed E-state index contributed by atoms with van der Waals surface area (Å²) in [5.74, 6) is 0. The van der Waals surface area contributed by atoms with E-state index in [0.29, 0.717) is 0 Å². The Balaban J connectivity index is 0.00000176. The Morgan fingerprint density at radius 2 is 1.68 bits per heavy atom. The van der Waals surface area contributed by atoms with Gasteiger partial charge in [0.2, 0.25) is 0 Å². The van der Waals surface area contributed by atoms with Gasteiger partial charge >= 0.3 is 0 Å². The molecule has 3 rings (SSSR count). The molecule has 0 aliphatic rings. The van der Waals surface area contributed by atoms with E-state index < -0.39 is 0 Å². The van der Waals surface area contributed by atoms with Crippen LogP contribution in [0.25, 0.3) is 21.7 Å². The van der Waals surface area contributed by atoms with Crippen LogP contribution in [0.15, 0.2) is 42.6 Å². The molecule has 2 aromatic carbocycles. The first-order valence-electron chi connectivity index (χ1n) is 7.93. The molecule has 22 heavy (non-hydrogen) atoms. The Kier molecular flexibility index (Phi) is 5.36. The Morgan fingerprint density at radius 1 is 1.00 bits per heavy atom. The molecule has 0 spiro atoms. The number of hydrogen-bond donors (Lipinski definition) is 0. The standard InChI is InChI=1S/C20H22N.Ir/c1-4-20(5-2,6-3)17-11-12-18-16(14-17)10-9-15-8-7-13-21-19(15)18;/h7-11,13-14H,4-6H2,1-3H3;/q-1;. The van der Waals surface area contributed by atoms with Crippen LogP contribution in [0.3, 0.4) is 0 Å². The summed E-state index contributed by atoms with van der Waals surface area (Å²) in [6, 6.07) is 16.5. The van der Waals surface area contributed by atoms with Crippen molar-refractivity contribution in [1.82, 2.24) is 4.98 Å². The Bertz CT molecular complexity index is 767. The van der Waals surface area contributed by atoms with Gasteiger partial charge in [0.05, 0.1) is 0 Å². The summed E-state index contributed by atoms with van der Waals surface area (Å²) in [5.41, 5.74) is 2.75. The van der Waals surface area contributed by atoms with Crippen molar-refractivity contribution in [2.24, 2.45) is 0 Å². The van der Waals surface area contributed by atoms with Gasteiger partial charge in [0, 0.05) is 26.3 Å². The van der Waals surface area contributed by atoms with Crippen LogP contribution in [-0.4, -0.2) is 4.98 Å². The number of fused-ring (bicyclic) bond motifs is 3. The monoisotopic (exact) mass is 469 g/mol. The normalized spacial score (nSPS) is 11.6. The first kappa shape index (κ1) is 17.1. The van der Waals surface area contributed by atoms with Crippen molar-refractivity contribution in [3.63, 3.8) is 0 Å². The maximum atomic E-state index is 4.53. The second-order valence-electron chi connectivity index (χ2n) is 5.83. The Labute approximate surface area is 146 Å². The molecule has 0 bridgehead atoms. The van der Waals surface area contributed by atoms with Crippen LogP contribution in [0.5, 0.6) is 0 Å². The van der Waals surface area contributed by atoms with Crippen molar-refractivity contribution in [2.75, 3.05) is 0 Å². The predicted octanol–water partition coefficient (Wildman–Crippen LogP) is 5.65. The zero-order chi connectivity index (χ0) is 14.9. The molecular weight excluding hydrogens is 446 g/mol. The average molecular weight is 469 g/mol. The van der Waals surface area contributed by atoms with Gasteiger partial charge in [0.1, 0.15) is 0 Å². The third kappa shape index (κ3) is 2.71. The van der Waals surface area contributed by atoms with E-state index in [1.807, 2.05) is 12.3 Å². The van der Waals surface area contributed by atoms with Crippen LogP contribution in [0.1, 0.15) is 45.6 Å². The van der Waals surface area contributed by atoms with Crippen LogP contribution >= 0.6 is 0 Å². The molecule has 1 nitrogen and oxygen atoms in total. The molecule has 0 amide bonds. The van der Waals surface area contributed by atoms with Gasteiger partial charge in [-0.1, -0.05) is 58.2 Å². The van der Waals surface area contributed by atoms with E-state index in [1.54, 1.807) is 0 Å². The molecule has 0 aliphatic carbocycles. The quantitative estimate of drug-likeness (QED) is 0.356. The van der Waals surface area contributed by atoms with Crippen molar-refractivity contribution in [1.29, 1.82) is 0 Å². The van der Waals surface area contributed by atoms with Crippen LogP contribution in [0, 0.1) is 6.07 Å². The molecule has 0 N–H and O–H groups in total. The molecule has 0 aliphatic heterocycles. The van der Waals surface area contributed by atoms with Crippen LogP contribution in [0.2, 0.25) is 0 Å². The second kappa shape index (κ2) is 6.89. The summed E-state index contributed by atoms with van der Waals surface area (Å²) in [5, 5.41) is 3.56. The molecular formula is C20H22IrN-. The first-order valence-corrected chi connectivity index (χ1v) is 7.93. The summed E-state index contributed by atoms with van der Waals surface area (Å²) in [6.45, 7) is 6.87. The topological polar surface area (TPSA) is 12.9 Å². The molecule has 3 aromatic rings. The minimum Gasteiger partial charge on any atom is -0.304 e. The summed E-state index contributed by atoms with van der Waals surface area (Å²) < 4.78 is 0. The average Bonchev–Trinajstić information content (AvgIpc) is 2.56. The fourth-order valence-electron chi connectivity index (χ4n) is 3.46. The largest absolute Gasteiger partial charge is 0.304 e. The predicted molar refractivity (Wildman–Crippen MR) is 90.6 cm³/mol. The van der Waals surface area contributed by atoms with Crippen LogP contribution in [0.4, 0.5) is 0 Å². The first-order chi connectivity index (χ1) is 10.2. The van der Waals surface area contributed by atoms with E-state index in [0.717, 1.165) is 10.9 Å². The summed E-state index contributed by atoms with van der Waals surface area (Å²) >= 11 is 0. The Morgan fingerprint density at radius 3 is 2.36 bits per heavy atom. The minimum atomic E-state index is 0. The smallest absolute Gasteiger partial charge is 0.0161 e. The third-order valence-corrected chi connectivity index (χ3v) is 5.13. The zero-order valence-electron chi connectivity index (χ0n) is 13.4. The van der Waals surface area contributed by atoms with Crippen LogP contribution in [-0.2, 0) is 25.5 Å². The second-order valence-corrected chi connectivity index (χ2v) is 5.83. The summed E-state index contributed by atoms with van der Waals surface area (Å²) in [4.78, 5) is 4.53. The molecule has 1 radical (unpaired) electrons. The van der Waals surface area contributed by atoms with E-state index in [4.69, 9.17) is 0 Å². The van der Waals surface area contributed by atoms with Crippen molar-refractivity contribution in [2.45, 2.75) is 45.4 Å². The molecule has 0 atom stereocenters. The van der Waals surface area contributed by atoms with Gasteiger partial charge < -0.3 is 4.98 Å². The summed E-state index contributed by atoms with van der Waals surface area (Å²) in [6.07, 6.45) is 5.37. The van der Waals surface area contributed by atoms with Crippen molar-refractivity contribution in [3.05, 3.63) is 54.2 Å². The van der Waals surface area contributed by atoms with Crippen molar-refractivity contribution in [3.8, 4) is 0 Å². The van der Waals surface area contributed by atoms with E-state index in [1.165, 1.54) is 35.6 Å². The minimum absolute atomic E-state index is 0. The van der Waals surface area contributed by atoms with E-state index in [-0.39, 0.29) is 25.5 Å². The van der Waals surface area contributed by atoms with Gasteiger partial charge in [-0.25, -0.2) is 0 Å². The van der Waals surface area contributed by atoms with Crippen LogP contribution < -0.4 is 0 Å². The summed E-state index contributed by atoms with van der Waals surface area (Å²) in [7, 11) is 0. The van der Waals surface area contributed by atoms with Crippen molar-refractivity contribution < 1.29 is 20.1 Å². The van der Waals surface area contributed by atoms with E-state index in [2.05, 4.69) is 62.2 Å². The molecule has 1 heterocycles. The number of pyridine rings is 1. The SMILES string of the molecule is CCC(CC)(CC)c1c[c-]c2c(ccc3cccnc32)c1.[Ir]. The fraction of sp³-hybridized carbons (Fsp3) is 0.350. The zero-order valence-corrected chi connectivity index (χ0v) is 15.8. The maximum absolute atomic E-state index is 4.53. The maximum Gasteiger partial charge on any atom is 0.0161 e. The molecule has 0 saturated heterocycles. The molecule has 117 valence electrons. The van der Waals surface area contributed by atoms with Gasteiger partial charge in [0.25, 0.3) is 0 Å². The van der Waals surface area contributed by atoms with Gasteiger partial charge in [-0.3, -0.25) is 0 Å². The number of hydrogen-bond acceptors (Lipinski definition) is 1. The van der Waals surface area contributed by atoms with Gasteiger partial charge in [-0.05, 0) is 22.4 Å². The van der Waals surface area contributed by atoms with E-state index in [9.17, 15) is 0 Å². The Hall–Kier alpha value is -1.24. The number of aromatic nitrogens is 1. The molecule has 0 unspecified atom stereocenters. The van der Waals surface area contributed by atoms with Gasteiger partial charge in [0.15, 0.2) is 0 Å². The van der Waals surface area contributed by atoms with Crippen molar-refractivity contribution >= 4 is 21.7 Å². The van der Waals surface area contributed by atoms with Gasteiger partial charge in [-0.2, -0.15) is 0 Å². The molecule has 0 saturated carbocycles. The number of benzene rings is 2. The molecule has 2 heteroatoms. The fourth-order valence-corrected chi connectivity index (χ4v) is 3.46. The molecule has 1 aromatic heterocycles. The molecule has 0 fully saturated rings.